The van der Waals surface area contributed by atoms with E-state index in [0.29, 0.717) is 12.1 Å². The largest absolute Gasteiger partial charge is 0.379 e. The second-order valence-electron chi connectivity index (χ2n) is 5.59. The van der Waals surface area contributed by atoms with Crippen LogP contribution in [-0.4, -0.2) is 52.5 Å². The highest BCUT2D eigenvalue weighted by atomic mass is 16.5. The van der Waals surface area contributed by atoms with Gasteiger partial charge >= 0.3 is 0 Å². The molecular weight excluding hydrogens is 280 g/mol. The van der Waals surface area contributed by atoms with Gasteiger partial charge in [0.15, 0.2) is 0 Å². The molecule has 3 aromatic rings. The second-order valence-corrected chi connectivity index (χ2v) is 5.59. The third kappa shape index (κ3) is 2.30. The summed E-state index contributed by atoms with van der Waals surface area (Å²) in [5.74, 6) is 0. The number of rotatable bonds is 3. The molecule has 1 aromatic carbocycles. The van der Waals surface area contributed by atoms with Crippen LogP contribution in [0.4, 0.5) is 0 Å². The summed E-state index contributed by atoms with van der Waals surface area (Å²) in [5.41, 5.74) is 1.56. The number of nitrogens with one attached hydrogen (secondary N) is 1. The maximum atomic E-state index is 12.6. The molecule has 22 heavy (non-hydrogen) atoms. The smallest absolute Gasteiger partial charge is 0.291 e. The summed E-state index contributed by atoms with van der Waals surface area (Å²) in [5, 5.41) is 6.28. The van der Waals surface area contributed by atoms with Gasteiger partial charge < -0.3 is 9.72 Å². The molecule has 6 nitrogen and oxygen atoms in total. The number of benzene rings is 1. The number of ether oxygens (including phenoxy) is 1. The number of aromatic nitrogens is 3. The molecule has 1 aliphatic heterocycles. The molecule has 0 unspecified atom stereocenters. The van der Waals surface area contributed by atoms with Crippen LogP contribution in [0.5, 0.6) is 0 Å². The van der Waals surface area contributed by atoms with Crippen LogP contribution in [0.15, 0.2) is 35.3 Å². The van der Waals surface area contributed by atoms with Gasteiger partial charge in [0.25, 0.3) is 5.56 Å². The van der Waals surface area contributed by atoms with E-state index in [-0.39, 0.29) is 5.56 Å². The zero-order chi connectivity index (χ0) is 14.9. The summed E-state index contributed by atoms with van der Waals surface area (Å²) in [4.78, 5) is 18.1. The maximum absolute atomic E-state index is 12.6. The summed E-state index contributed by atoms with van der Waals surface area (Å²) in [6.07, 6.45) is 1.79. The van der Waals surface area contributed by atoms with Gasteiger partial charge in [-0.1, -0.05) is 18.2 Å². The first-order chi connectivity index (χ1) is 10.8. The van der Waals surface area contributed by atoms with Crippen LogP contribution in [-0.2, 0) is 11.3 Å². The van der Waals surface area contributed by atoms with E-state index in [0.717, 1.165) is 49.1 Å². The van der Waals surface area contributed by atoms with Crippen molar-refractivity contribution in [2.45, 2.75) is 6.54 Å². The first kappa shape index (κ1) is 13.5. The third-order valence-corrected chi connectivity index (χ3v) is 4.25. The van der Waals surface area contributed by atoms with Crippen molar-refractivity contribution in [1.82, 2.24) is 19.7 Å². The Bertz CT molecular complexity index is 861. The number of nitrogens with zero attached hydrogens (tertiary/aromatic N) is 3. The lowest BCUT2D eigenvalue weighted by atomic mass is 10.2. The highest BCUT2D eigenvalue weighted by molar-refractivity contribution is 6.06. The van der Waals surface area contributed by atoms with Crippen molar-refractivity contribution in [2.24, 2.45) is 0 Å². The van der Waals surface area contributed by atoms with Gasteiger partial charge in [0, 0.05) is 35.9 Å². The van der Waals surface area contributed by atoms with Crippen LogP contribution in [0.25, 0.3) is 21.8 Å². The van der Waals surface area contributed by atoms with E-state index in [1.54, 1.807) is 10.9 Å². The molecule has 3 heterocycles. The van der Waals surface area contributed by atoms with Crippen molar-refractivity contribution < 1.29 is 4.74 Å². The zero-order valence-corrected chi connectivity index (χ0v) is 12.3. The van der Waals surface area contributed by atoms with Crippen molar-refractivity contribution in [3.05, 3.63) is 40.8 Å². The van der Waals surface area contributed by atoms with Crippen molar-refractivity contribution in [2.75, 3.05) is 32.8 Å². The van der Waals surface area contributed by atoms with E-state index < -0.39 is 0 Å². The number of para-hydroxylation sites is 1. The Kier molecular flexibility index (Phi) is 3.40. The Morgan fingerprint density at radius 3 is 2.82 bits per heavy atom. The Labute approximate surface area is 127 Å². The molecule has 1 N–H and O–H groups in total. The minimum Gasteiger partial charge on any atom is -0.379 e. The van der Waals surface area contributed by atoms with Crippen molar-refractivity contribution in [3.63, 3.8) is 0 Å². The number of morpholine rings is 1. The molecule has 0 saturated carbocycles. The molecule has 0 atom stereocenters. The van der Waals surface area contributed by atoms with Gasteiger partial charge in [-0.15, -0.1) is 0 Å². The third-order valence-electron chi connectivity index (χ3n) is 4.25. The molecule has 114 valence electrons. The van der Waals surface area contributed by atoms with Crippen LogP contribution in [0.2, 0.25) is 0 Å². The van der Waals surface area contributed by atoms with E-state index in [4.69, 9.17) is 4.74 Å². The summed E-state index contributed by atoms with van der Waals surface area (Å²) in [6.45, 7) is 4.80. The van der Waals surface area contributed by atoms with E-state index >= 15 is 0 Å². The van der Waals surface area contributed by atoms with Crippen LogP contribution in [0.3, 0.4) is 0 Å². The predicted molar refractivity (Wildman–Crippen MR) is 85.1 cm³/mol. The number of hydrogen-bond donors (Lipinski definition) is 1. The van der Waals surface area contributed by atoms with Crippen LogP contribution in [0, 0.1) is 0 Å². The van der Waals surface area contributed by atoms with Crippen LogP contribution >= 0.6 is 0 Å². The van der Waals surface area contributed by atoms with Crippen LogP contribution < -0.4 is 5.56 Å². The average molecular weight is 298 g/mol. The van der Waals surface area contributed by atoms with Gasteiger partial charge in [0.1, 0.15) is 5.52 Å². The van der Waals surface area contributed by atoms with E-state index in [9.17, 15) is 4.79 Å². The molecule has 0 amide bonds. The number of fused-ring (bicyclic) bond motifs is 3. The number of hydrogen-bond acceptors (Lipinski definition) is 4. The molecule has 1 fully saturated rings. The lowest BCUT2D eigenvalue weighted by Gasteiger charge is -2.26. The molecule has 1 aliphatic rings. The fourth-order valence-electron chi connectivity index (χ4n) is 3.00. The first-order valence-electron chi connectivity index (χ1n) is 7.59. The van der Waals surface area contributed by atoms with E-state index in [1.165, 1.54) is 0 Å². The highest BCUT2D eigenvalue weighted by Gasteiger charge is 2.13. The quantitative estimate of drug-likeness (QED) is 0.789. The first-order valence-corrected chi connectivity index (χ1v) is 7.59. The van der Waals surface area contributed by atoms with E-state index in [2.05, 4.69) is 15.0 Å². The van der Waals surface area contributed by atoms with Crippen molar-refractivity contribution >= 4 is 21.8 Å². The summed E-state index contributed by atoms with van der Waals surface area (Å²) >= 11 is 0. The Morgan fingerprint density at radius 1 is 1.14 bits per heavy atom. The van der Waals surface area contributed by atoms with Crippen LogP contribution in [0.1, 0.15) is 0 Å². The normalized spacial score (nSPS) is 16.5. The lowest BCUT2D eigenvalue weighted by molar-refractivity contribution is 0.0358. The molecule has 0 bridgehead atoms. The number of aromatic amines is 1. The Morgan fingerprint density at radius 2 is 1.95 bits per heavy atom. The highest BCUT2D eigenvalue weighted by Crippen LogP contribution is 2.21. The predicted octanol–water partition coefficient (Wildman–Crippen LogP) is 1.21. The van der Waals surface area contributed by atoms with Crippen molar-refractivity contribution in [3.8, 4) is 0 Å². The molecule has 0 spiro atoms. The van der Waals surface area contributed by atoms with Gasteiger partial charge in [0.05, 0.1) is 26.0 Å². The van der Waals surface area contributed by atoms with Gasteiger partial charge in [-0.2, -0.15) is 5.10 Å². The standard InChI is InChI=1S/C16H18N4O2/c21-16-15-13(12-3-1-2-4-14(12)18-15)11-17-20(16)6-5-19-7-9-22-10-8-19/h1-4,11,18H,5-10H2. The lowest BCUT2D eigenvalue weighted by Crippen LogP contribution is -2.39. The summed E-state index contributed by atoms with van der Waals surface area (Å²) in [7, 11) is 0. The average Bonchev–Trinajstić information content (AvgIpc) is 2.95. The van der Waals surface area contributed by atoms with Gasteiger partial charge in [-0.25, -0.2) is 4.68 Å². The molecule has 6 heteroatoms. The fourth-order valence-corrected chi connectivity index (χ4v) is 3.00. The van der Waals surface area contributed by atoms with Gasteiger partial charge in [-0.05, 0) is 6.07 Å². The minimum atomic E-state index is -0.0537. The molecule has 4 rings (SSSR count). The van der Waals surface area contributed by atoms with Gasteiger partial charge in [0.2, 0.25) is 0 Å². The monoisotopic (exact) mass is 298 g/mol. The molecule has 0 aliphatic carbocycles. The van der Waals surface area contributed by atoms with Gasteiger partial charge in [-0.3, -0.25) is 9.69 Å². The van der Waals surface area contributed by atoms with Crippen molar-refractivity contribution in [1.29, 1.82) is 0 Å². The summed E-state index contributed by atoms with van der Waals surface area (Å²) < 4.78 is 6.88. The minimum absolute atomic E-state index is 0.0537. The SMILES string of the molecule is O=c1c2[nH]c3ccccc3c2cnn1CCN1CCOCC1. The summed E-state index contributed by atoms with van der Waals surface area (Å²) in [6, 6.07) is 7.92. The Hall–Kier alpha value is -2.18. The second kappa shape index (κ2) is 5.55. The molecule has 2 aromatic heterocycles. The fraction of sp³-hybridized carbons (Fsp3) is 0.375. The number of H-pyrrole nitrogens is 1. The molecular formula is C16H18N4O2. The Balaban J connectivity index is 1.65. The zero-order valence-electron chi connectivity index (χ0n) is 12.3. The molecule has 1 saturated heterocycles. The topological polar surface area (TPSA) is 63.2 Å². The van der Waals surface area contributed by atoms with E-state index in [1.807, 2.05) is 24.3 Å². The molecule has 0 radical (unpaired) electrons. The maximum Gasteiger partial charge on any atom is 0.291 e.